The number of amides is 1. The molecule has 0 bridgehead atoms. The van der Waals surface area contributed by atoms with Crippen molar-refractivity contribution in [3.05, 3.63) is 68.3 Å². The third kappa shape index (κ3) is 5.88. The number of benzene rings is 2. The standard InChI is InChI=1S/C16H15ClINOS/c17-14-5-1-12(2-6-14)11-21-10-9-19-16(20)13-3-7-15(18)8-4-13/h1-8H,9-11H2,(H,19,20). The Morgan fingerprint density at radius 2 is 1.76 bits per heavy atom. The van der Waals surface area contributed by atoms with Gasteiger partial charge in [-0.15, -0.1) is 0 Å². The van der Waals surface area contributed by atoms with Crippen molar-refractivity contribution in [1.82, 2.24) is 5.32 Å². The van der Waals surface area contributed by atoms with Gasteiger partial charge in [-0.2, -0.15) is 11.8 Å². The van der Waals surface area contributed by atoms with Crippen LogP contribution in [0.5, 0.6) is 0 Å². The van der Waals surface area contributed by atoms with Gasteiger partial charge in [-0.05, 0) is 64.6 Å². The van der Waals surface area contributed by atoms with Crippen LogP contribution in [0.2, 0.25) is 5.02 Å². The summed E-state index contributed by atoms with van der Waals surface area (Å²) >= 11 is 9.86. The molecule has 0 heterocycles. The van der Waals surface area contributed by atoms with Crippen molar-refractivity contribution >= 4 is 51.9 Å². The van der Waals surface area contributed by atoms with Crippen molar-refractivity contribution < 1.29 is 4.79 Å². The van der Waals surface area contributed by atoms with Crippen molar-refractivity contribution in [1.29, 1.82) is 0 Å². The smallest absolute Gasteiger partial charge is 0.251 e. The number of nitrogens with one attached hydrogen (secondary N) is 1. The van der Waals surface area contributed by atoms with Gasteiger partial charge in [0.1, 0.15) is 0 Å². The van der Waals surface area contributed by atoms with Crippen molar-refractivity contribution in [2.45, 2.75) is 5.75 Å². The minimum absolute atomic E-state index is 0.0153. The molecule has 0 spiro atoms. The summed E-state index contributed by atoms with van der Waals surface area (Å²) in [6, 6.07) is 15.4. The summed E-state index contributed by atoms with van der Waals surface area (Å²) in [4.78, 5) is 11.9. The van der Waals surface area contributed by atoms with E-state index >= 15 is 0 Å². The molecular formula is C16H15ClINOS. The quantitative estimate of drug-likeness (QED) is 0.535. The SMILES string of the molecule is O=C(NCCSCc1ccc(Cl)cc1)c1ccc(I)cc1. The lowest BCUT2D eigenvalue weighted by Crippen LogP contribution is -2.25. The molecule has 1 amide bonds. The first-order valence-corrected chi connectivity index (χ1v) is 9.12. The maximum Gasteiger partial charge on any atom is 0.251 e. The van der Waals surface area contributed by atoms with E-state index in [2.05, 4.69) is 27.9 Å². The molecule has 110 valence electrons. The molecule has 0 aromatic heterocycles. The molecule has 0 aliphatic carbocycles. The summed E-state index contributed by atoms with van der Waals surface area (Å²) in [6.45, 7) is 0.670. The highest BCUT2D eigenvalue weighted by molar-refractivity contribution is 14.1. The Morgan fingerprint density at radius 3 is 2.43 bits per heavy atom. The lowest BCUT2D eigenvalue weighted by atomic mass is 10.2. The van der Waals surface area contributed by atoms with Crippen LogP contribution in [-0.2, 0) is 5.75 Å². The molecule has 1 N–H and O–H groups in total. The van der Waals surface area contributed by atoms with Crippen LogP contribution in [0.3, 0.4) is 0 Å². The average molecular weight is 432 g/mol. The van der Waals surface area contributed by atoms with E-state index in [-0.39, 0.29) is 5.91 Å². The maximum absolute atomic E-state index is 11.9. The van der Waals surface area contributed by atoms with Gasteiger partial charge in [-0.25, -0.2) is 0 Å². The van der Waals surface area contributed by atoms with Crippen molar-refractivity contribution in [2.24, 2.45) is 0 Å². The molecule has 0 saturated heterocycles. The first-order valence-electron chi connectivity index (χ1n) is 6.51. The molecular weight excluding hydrogens is 417 g/mol. The highest BCUT2D eigenvalue weighted by atomic mass is 127. The first kappa shape index (κ1) is 16.6. The molecule has 0 atom stereocenters. The fourth-order valence-corrected chi connectivity index (χ4v) is 3.02. The Kier molecular flexibility index (Phi) is 6.86. The minimum atomic E-state index is -0.0153. The van der Waals surface area contributed by atoms with Gasteiger partial charge in [0, 0.05) is 32.2 Å². The summed E-state index contributed by atoms with van der Waals surface area (Å²) in [5, 5.41) is 3.69. The van der Waals surface area contributed by atoms with Gasteiger partial charge in [0.05, 0.1) is 0 Å². The molecule has 2 nitrogen and oxygen atoms in total. The van der Waals surface area contributed by atoms with Crippen molar-refractivity contribution in [3.8, 4) is 0 Å². The second-order valence-corrected chi connectivity index (χ2v) is 7.23. The summed E-state index contributed by atoms with van der Waals surface area (Å²) in [5.74, 6) is 1.80. The highest BCUT2D eigenvalue weighted by Crippen LogP contribution is 2.15. The number of carbonyl (C=O) groups excluding carboxylic acids is 1. The number of thioether (sulfide) groups is 1. The van der Waals surface area contributed by atoms with Gasteiger partial charge >= 0.3 is 0 Å². The van der Waals surface area contributed by atoms with Crippen LogP contribution in [0.1, 0.15) is 15.9 Å². The molecule has 21 heavy (non-hydrogen) atoms. The highest BCUT2D eigenvalue weighted by Gasteiger charge is 2.03. The third-order valence-electron chi connectivity index (χ3n) is 2.82. The zero-order valence-electron chi connectivity index (χ0n) is 11.3. The molecule has 0 saturated carbocycles. The van der Waals surface area contributed by atoms with Crippen LogP contribution in [0, 0.1) is 3.57 Å². The van der Waals surface area contributed by atoms with E-state index in [1.165, 1.54) is 5.56 Å². The predicted molar refractivity (Wildman–Crippen MR) is 99.1 cm³/mol. The van der Waals surface area contributed by atoms with E-state index < -0.39 is 0 Å². The monoisotopic (exact) mass is 431 g/mol. The van der Waals surface area contributed by atoms with E-state index in [0.717, 1.165) is 20.1 Å². The molecule has 2 aromatic rings. The molecule has 0 unspecified atom stereocenters. The van der Waals surface area contributed by atoms with Crippen LogP contribution in [0.15, 0.2) is 48.5 Å². The van der Waals surface area contributed by atoms with Crippen LogP contribution < -0.4 is 5.32 Å². The van der Waals surface area contributed by atoms with Crippen molar-refractivity contribution in [2.75, 3.05) is 12.3 Å². The normalized spacial score (nSPS) is 10.4. The predicted octanol–water partition coefficient (Wildman–Crippen LogP) is 4.61. The molecule has 0 fully saturated rings. The number of hydrogen-bond acceptors (Lipinski definition) is 2. The lowest BCUT2D eigenvalue weighted by molar-refractivity contribution is 0.0956. The maximum atomic E-state index is 11.9. The fraction of sp³-hybridized carbons (Fsp3) is 0.188. The molecule has 0 radical (unpaired) electrons. The van der Waals surface area contributed by atoms with Gasteiger partial charge in [0.2, 0.25) is 0 Å². The summed E-state index contributed by atoms with van der Waals surface area (Å²) in [7, 11) is 0. The van der Waals surface area contributed by atoms with E-state index in [0.29, 0.717) is 12.1 Å². The second kappa shape index (κ2) is 8.66. The first-order chi connectivity index (χ1) is 10.1. The summed E-state index contributed by atoms with van der Waals surface area (Å²) in [5.41, 5.74) is 1.95. The number of rotatable bonds is 6. The summed E-state index contributed by atoms with van der Waals surface area (Å²) in [6.07, 6.45) is 0. The van der Waals surface area contributed by atoms with Crippen molar-refractivity contribution in [3.63, 3.8) is 0 Å². The average Bonchev–Trinajstić information content (AvgIpc) is 2.49. The van der Waals surface area contributed by atoms with Gasteiger partial charge < -0.3 is 5.32 Å². The van der Waals surface area contributed by atoms with E-state index in [4.69, 9.17) is 11.6 Å². The molecule has 5 heteroatoms. The summed E-state index contributed by atoms with van der Waals surface area (Å²) < 4.78 is 1.13. The fourth-order valence-electron chi connectivity index (χ4n) is 1.71. The zero-order chi connectivity index (χ0) is 15.1. The van der Waals surface area contributed by atoms with Crippen LogP contribution in [0.25, 0.3) is 0 Å². The third-order valence-corrected chi connectivity index (χ3v) is 4.82. The largest absolute Gasteiger partial charge is 0.351 e. The van der Waals surface area contributed by atoms with Gasteiger partial charge in [-0.3, -0.25) is 4.79 Å². The lowest BCUT2D eigenvalue weighted by Gasteiger charge is -2.06. The molecule has 2 aromatic carbocycles. The number of halogens is 2. The Hall–Kier alpha value is -0.720. The van der Waals surface area contributed by atoms with Gasteiger partial charge in [0.15, 0.2) is 0 Å². The van der Waals surface area contributed by atoms with E-state index in [1.54, 1.807) is 11.8 Å². The second-order valence-electron chi connectivity index (χ2n) is 4.44. The Labute approximate surface area is 147 Å². The van der Waals surface area contributed by atoms with Crippen LogP contribution in [0.4, 0.5) is 0 Å². The molecule has 0 aliphatic rings. The van der Waals surface area contributed by atoms with Crippen LogP contribution >= 0.6 is 46.0 Å². The van der Waals surface area contributed by atoms with Gasteiger partial charge in [0.25, 0.3) is 5.91 Å². The Bertz CT molecular complexity index is 586. The molecule has 0 aliphatic heterocycles. The minimum Gasteiger partial charge on any atom is -0.351 e. The topological polar surface area (TPSA) is 29.1 Å². The Morgan fingerprint density at radius 1 is 1.10 bits per heavy atom. The van der Waals surface area contributed by atoms with Crippen LogP contribution in [-0.4, -0.2) is 18.2 Å². The van der Waals surface area contributed by atoms with E-state index in [1.807, 2.05) is 48.5 Å². The number of carbonyl (C=O) groups is 1. The zero-order valence-corrected chi connectivity index (χ0v) is 15.0. The van der Waals surface area contributed by atoms with Gasteiger partial charge in [-0.1, -0.05) is 23.7 Å². The Balaban J connectivity index is 1.66. The number of hydrogen-bond donors (Lipinski definition) is 1. The van der Waals surface area contributed by atoms with E-state index in [9.17, 15) is 4.79 Å². The molecule has 2 rings (SSSR count).